The first kappa shape index (κ1) is 13.3. The number of aryl methyl sites for hydroxylation is 1. The highest BCUT2D eigenvalue weighted by molar-refractivity contribution is 5.94. The number of aromatic amines is 2. The molecule has 0 aliphatic carbocycles. The van der Waals surface area contributed by atoms with Gasteiger partial charge in [0.2, 0.25) is 0 Å². The molecule has 0 unspecified atom stereocenters. The first-order valence-corrected chi connectivity index (χ1v) is 7.03. The highest BCUT2D eigenvalue weighted by Crippen LogP contribution is 2.25. The first-order valence-electron chi connectivity index (χ1n) is 7.03. The highest BCUT2D eigenvalue weighted by Gasteiger charge is 2.16. The van der Waals surface area contributed by atoms with Gasteiger partial charge >= 0.3 is 0 Å². The van der Waals surface area contributed by atoms with Crippen LogP contribution in [0.15, 0.2) is 46.0 Å². The number of nitrogens with two attached hydrogens (primary N) is 1. The molecule has 4 rings (SSSR count). The average Bonchev–Trinajstić information content (AvgIpc) is 2.93. The Morgan fingerprint density at radius 1 is 1.09 bits per heavy atom. The second-order valence-corrected chi connectivity index (χ2v) is 5.35. The standard InChI is InChI=1S/C16H13N5O2/c1-21-11-7-3-6-10(17)14(11)18-13(16(21)23)8-4-2-5-9-12(8)19-20-15(9)22/h2-7H,17H2,1H3,(H2,19,20,22). The van der Waals surface area contributed by atoms with E-state index < -0.39 is 0 Å². The van der Waals surface area contributed by atoms with Gasteiger partial charge in [-0.2, -0.15) is 0 Å². The summed E-state index contributed by atoms with van der Waals surface area (Å²) in [7, 11) is 1.68. The fraction of sp³-hybridized carbons (Fsp3) is 0.0625. The number of nitrogens with one attached hydrogen (secondary N) is 2. The lowest BCUT2D eigenvalue weighted by molar-refractivity contribution is 0.896. The fourth-order valence-corrected chi connectivity index (χ4v) is 2.80. The number of hydrogen-bond donors (Lipinski definition) is 3. The number of nitrogen functional groups attached to an aromatic ring is 1. The average molecular weight is 307 g/mol. The molecule has 23 heavy (non-hydrogen) atoms. The van der Waals surface area contributed by atoms with Crippen LogP contribution in [0.2, 0.25) is 0 Å². The van der Waals surface area contributed by atoms with Crippen LogP contribution in [0.5, 0.6) is 0 Å². The van der Waals surface area contributed by atoms with E-state index in [-0.39, 0.29) is 16.8 Å². The van der Waals surface area contributed by atoms with Gasteiger partial charge in [-0.1, -0.05) is 18.2 Å². The molecule has 2 aromatic carbocycles. The molecule has 7 heteroatoms. The van der Waals surface area contributed by atoms with Crippen LogP contribution in [-0.4, -0.2) is 19.7 Å². The molecule has 2 aromatic heterocycles. The van der Waals surface area contributed by atoms with Gasteiger partial charge in [-0.15, -0.1) is 0 Å². The minimum Gasteiger partial charge on any atom is -0.397 e. The molecule has 0 aliphatic rings. The Hall–Kier alpha value is -3.35. The van der Waals surface area contributed by atoms with Gasteiger partial charge in [0.25, 0.3) is 11.1 Å². The predicted molar refractivity (Wildman–Crippen MR) is 89.3 cm³/mol. The van der Waals surface area contributed by atoms with Gasteiger partial charge in [-0.05, 0) is 18.2 Å². The molecule has 2 heterocycles. The molecule has 0 saturated heterocycles. The van der Waals surface area contributed by atoms with Gasteiger partial charge in [-0.3, -0.25) is 19.8 Å². The molecule has 0 atom stereocenters. The summed E-state index contributed by atoms with van der Waals surface area (Å²) in [6.45, 7) is 0. The van der Waals surface area contributed by atoms with Crippen LogP contribution < -0.4 is 16.9 Å². The van der Waals surface area contributed by atoms with Crippen LogP contribution in [0, 0.1) is 0 Å². The van der Waals surface area contributed by atoms with E-state index in [0.717, 1.165) is 0 Å². The highest BCUT2D eigenvalue weighted by atomic mass is 16.1. The lowest BCUT2D eigenvalue weighted by Crippen LogP contribution is -2.21. The van der Waals surface area contributed by atoms with Crippen molar-refractivity contribution < 1.29 is 0 Å². The number of para-hydroxylation sites is 2. The molecule has 0 amide bonds. The second-order valence-electron chi connectivity index (χ2n) is 5.35. The van der Waals surface area contributed by atoms with E-state index in [9.17, 15) is 9.59 Å². The van der Waals surface area contributed by atoms with Crippen LogP contribution in [0.4, 0.5) is 5.69 Å². The smallest absolute Gasteiger partial charge is 0.277 e. The van der Waals surface area contributed by atoms with Crippen molar-refractivity contribution in [1.82, 2.24) is 19.7 Å². The molecule has 114 valence electrons. The molecule has 0 saturated carbocycles. The van der Waals surface area contributed by atoms with Crippen LogP contribution >= 0.6 is 0 Å². The van der Waals surface area contributed by atoms with Crippen molar-refractivity contribution in [3.63, 3.8) is 0 Å². The molecule has 7 nitrogen and oxygen atoms in total. The Kier molecular flexibility index (Phi) is 2.65. The van der Waals surface area contributed by atoms with Gasteiger partial charge < -0.3 is 10.3 Å². The normalized spacial score (nSPS) is 11.3. The van der Waals surface area contributed by atoms with Gasteiger partial charge in [-0.25, -0.2) is 4.98 Å². The predicted octanol–water partition coefficient (Wildman–Crippen LogP) is 1.35. The SMILES string of the molecule is Cn1c(=O)c(-c2cccc3c(=O)[nH][nH]c23)nc2c(N)cccc21. The van der Waals surface area contributed by atoms with Crippen molar-refractivity contribution >= 4 is 27.6 Å². The minimum absolute atomic E-state index is 0.237. The van der Waals surface area contributed by atoms with E-state index >= 15 is 0 Å². The Labute approximate surface area is 129 Å². The van der Waals surface area contributed by atoms with Crippen LogP contribution in [0.3, 0.4) is 0 Å². The number of fused-ring (bicyclic) bond motifs is 2. The van der Waals surface area contributed by atoms with Gasteiger partial charge in [0, 0.05) is 12.6 Å². The zero-order chi connectivity index (χ0) is 16.1. The number of hydrogen-bond acceptors (Lipinski definition) is 4. The second kappa shape index (κ2) is 4.57. The van der Waals surface area contributed by atoms with Crippen molar-refractivity contribution in [3.8, 4) is 11.3 Å². The third-order valence-corrected chi connectivity index (χ3v) is 4.00. The summed E-state index contributed by atoms with van der Waals surface area (Å²) >= 11 is 0. The first-order chi connectivity index (χ1) is 11.1. The maximum Gasteiger partial charge on any atom is 0.277 e. The van der Waals surface area contributed by atoms with Crippen LogP contribution in [0.25, 0.3) is 33.2 Å². The van der Waals surface area contributed by atoms with E-state index in [4.69, 9.17) is 5.73 Å². The molecule has 4 aromatic rings. The van der Waals surface area contributed by atoms with Crippen LogP contribution in [0.1, 0.15) is 0 Å². The van der Waals surface area contributed by atoms with Crippen molar-refractivity contribution in [1.29, 1.82) is 0 Å². The van der Waals surface area contributed by atoms with Crippen molar-refractivity contribution in [2.45, 2.75) is 0 Å². The molecule has 4 N–H and O–H groups in total. The summed E-state index contributed by atoms with van der Waals surface area (Å²) in [4.78, 5) is 28.9. The number of H-pyrrole nitrogens is 2. The van der Waals surface area contributed by atoms with E-state index in [0.29, 0.717) is 33.2 Å². The summed E-state index contributed by atoms with van der Waals surface area (Å²) in [5, 5.41) is 5.81. The van der Waals surface area contributed by atoms with E-state index in [1.165, 1.54) is 4.57 Å². The lowest BCUT2D eigenvalue weighted by atomic mass is 10.1. The fourth-order valence-electron chi connectivity index (χ4n) is 2.80. The number of nitrogens with zero attached hydrogens (tertiary/aromatic N) is 2. The summed E-state index contributed by atoms with van der Waals surface area (Å²) in [5.41, 5.74) is 8.58. The molecule has 0 radical (unpaired) electrons. The quantitative estimate of drug-likeness (QED) is 0.461. The Morgan fingerprint density at radius 3 is 2.70 bits per heavy atom. The molecule has 0 spiro atoms. The Bertz CT molecular complexity index is 1180. The maximum absolute atomic E-state index is 12.7. The monoisotopic (exact) mass is 307 g/mol. The van der Waals surface area contributed by atoms with Gasteiger partial charge in [0.05, 0.1) is 22.1 Å². The maximum atomic E-state index is 12.7. The van der Waals surface area contributed by atoms with Crippen molar-refractivity contribution in [3.05, 3.63) is 57.1 Å². The zero-order valence-corrected chi connectivity index (χ0v) is 12.3. The third-order valence-electron chi connectivity index (χ3n) is 4.00. The van der Waals surface area contributed by atoms with Crippen molar-refractivity contribution in [2.75, 3.05) is 5.73 Å². The molecule has 0 aliphatic heterocycles. The summed E-state index contributed by atoms with van der Waals surface area (Å²) in [6, 6.07) is 10.5. The topological polar surface area (TPSA) is 110 Å². The van der Waals surface area contributed by atoms with E-state index in [1.807, 2.05) is 0 Å². The number of benzene rings is 2. The Balaban J connectivity index is 2.17. The summed E-state index contributed by atoms with van der Waals surface area (Å²) < 4.78 is 1.51. The lowest BCUT2D eigenvalue weighted by Gasteiger charge is -2.10. The molecular weight excluding hydrogens is 294 g/mol. The number of anilines is 1. The zero-order valence-electron chi connectivity index (χ0n) is 12.3. The largest absolute Gasteiger partial charge is 0.397 e. The van der Waals surface area contributed by atoms with E-state index in [2.05, 4.69) is 15.2 Å². The molecule has 0 fully saturated rings. The summed E-state index contributed by atoms with van der Waals surface area (Å²) in [5.74, 6) is 0. The Morgan fingerprint density at radius 2 is 1.87 bits per heavy atom. The van der Waals surface area contributed by atoms with Gasteiger partial charge in [0.1, 0.15) is 11.2 Å². The minimum atomic E-state index is -0.252. The third kappa shape index (κ3) is 1.80. The van der Waals surface area contributed by atoms with Crippen LogP contribution in [-0.2, 0) is 7.05 Å². The van der Waals surface area contributed by atoms with E-state index in [1.54, 1.807) is 43.4 Å². The summed E-state index contributed by atoms with van der Waals surface area (Å²) in [6.07, 6.45) is 0. The number of aromatic nitrogens is 4. The number of rotatable bonds is 1. The van der Waals surface area contributed by atoms with Gasteiger partial charge in [0.15, 0.2) is 0 Å². The molecule has 0 bridgehead atoms. The van der Waals surface area contributed by atoms with Crippen molar-refractivity contribution in [2.24, 2.45) is 7.05 Å². The molecular formula is C16H13N5O2.